The Bertz CT molecular complexity index is 831. The van der Waals surface area contributed by atoms with Crippen LogP contribution in [0.2, 0.25) is 0 Å². The molecule has 0 fully saturated rings. The minimum Gasteiger partial charge on any atom is -0.497 e. The summed E-state index contributed by atoms with van der Waals surface area (Å²) in [5, 5.41) is 0. The van der Waals surface area contributed by atoms with E-state index < -0.39 is 17.6 Å². The second kappa shape index (κ2) is 8.41. The molecule has 0 saturated carbocycles. The molecule has 0 aliphatic heterocycles. The van der Waals surface area contributed by atoms with Gasteiger partial charge in [0, 0.05) is 13.6 Å². The van der Waals surface area contributed by atoms with Crippen LogP contribution in [0.5, 0.6) is 5.75 Å². The Kier molecular flexibility index (Phi) is 6.46. The second-order valence-electron chi connectivity index (χ2n) is 6.29. The highest BCUT2D eigenvalue weighted by Gasteiger charge is 2.31. The highest BCUT2D eigenvalue weighted by molar-refractivity contribution is 5.62. The maximum absolute atomic E-state index is 14.4. The number of aliphatic imine (C=N–C) groups is 1. The first-order valence-electron chi connectivity index (χ1n) is 8.42. The van der Waals surface area contributed by atoms with Crippen molar-refractivity contribution in [2.45, 2.75) is 26.4 Å². The molecule has 0 bridgehead atoms. The molecule has 3 nitrogen and oxygen atoms in total. The molecule has 0 aromatic heterocycles. The van der Waals surface area contributed by atoms with E-state index in [9.17, 15) is 17.6 Å². The number of aryl methyl sites for hydroxylation is 1. The van der Waals surface area contributed by atoms with Gasteiger partial charge in [-0.05, 0) is 67.3 Å². The molecule has 0 N–H and O–H groups in total. The maximum atomic E-state index is 14.4. The summed E-state index contributed by atoms with van der Waals surface area (Å²) in [5.74, 6) is -0.405. The van der Waals surface area contributed by atoms with Crippen molar-refractivity contribution < 1.29 is 22.3 Å². The third-order valence-corrected chi connectivity index (χ3v) is 4.22. The van der Waals surface area contributed by atoms with E-state index in [0.717, 1.165) is 24.2 Å². The van der Waals surface area contributed by atoms with Gasteiger partial charge in [0.25, 0.3) is 0 Å². The molecule has 0 aliphatic rings. The number of hydrogen-bond acceptors (Lipinski definition) is 2. The SMILES string of the molecule is CCN(C)C=Nc1cc(C)c(Cc2cc(OC)cc(C(F)(F)F)c2)cc1F. The molecule has 27 heavy (non-hydrogen) atoms. The quantitative estimate of drug-likeness (QED) is 0.381. The molecular weight excluding hydrogens is 360 g/mol. The fraction of sp³-hybridized carbons (Fsp3) is 0.350. The second-order valence-corrected chi connectivity index (χ2v) is 6.29. The number of ether oxygens (including phenoxy) is 1. The summed E-state index contributed by atoms with van der Waals surface area (Å²) in [7, 11) is 3.13. The molecule has 0 saturated heterocycles. The average Bonchev–Trinajstić information content (AvgIpc) is 2.61. The lowest BCUT2D eigenvalue weighted by atomic mass is 9.98. The lowest BCUT2D eigenvalue weighted by Crippen LogP contribution is -2.14. The van der Waals surface area contributed by atoms with Gasteiger partial charge in [-0.15, -0.1) is 0 Å². The molecule has 0 radical (unpaired) electrons. The minimum absolute atomic E-state index is 0.113. The molecule has 0 amide bonds. The van der Waals surface area contributed by atoms with Crippen LogP contribution in [0.25, 0.3) is 0 Å². The van der Waals surface area contributed by atoms with E-state index in [2.05, 4.69) is 4.99 Å². The van der Waals surface area contributed by atoms with Crippen LogP contribution in [0.3, 0.4) is 0 Å². The monoisotopic (exact) mass is 382 g/mol. The first-order valence-corrected chi connectivity index (χ1v) is 8.42. The van der Waals surface area contributed by atoms with Crippen LogP contribution >= 0.6 is 0 Å². The van der Waals surface area contributed by atoms with E-state index in [-0.39, 0.29) is 17.9 Å². The summed E-state index contributed by atoms with van der Waals surface area (Å²) in [6.07, 6.45) is -2.79. The van der Waals surface area contributed by atoms with Gasteiger partial charge in [0.1, 0.15) is 17.3 Å². The van der Waals surface area contributed by atoms with Crippen LogP contribution in [-0.2, 0) is 12.6 Å². The Balaban J connectivity index is 2.35. The van der Waals surface area contributed by atoms with Gasteiger partial charge in [0.05, 0.1) is 19.0 Å². The molecule has 0 heterocycles. The van der Waals surface area contributed by atoms with Crippen molar-refractivity contribution in [3.05, 3.63) is 58.4 Å². The first kappa shape index (κ1) is 20.7. The van der Waals surface area contributed by atoms with Gasteiger partial charge in [0.15, 0.2) is 0 Å². The smallest absolute Gasteiger partial charge is 0.416 e. The van der Waals surface area contributed by atoms with E-state index in [1.54, 1.807) is 17.9 Å². The van der Waals surface area contributed by atoms with Crippen molar-refractivity contribution in [3.8, 4) is 5.75 Å². The molecule has 146 valence electrons. The van der Waals surface area contributed by atoms with Gasteiger partial charge < -0.3 is 9.64 Å². The standard InChI is InChI=1S/C20H22F4N2O/c1-5-26(3)12-25-19-6-13(2)15(10-18(19)21)7-14-8-16(20(22,23)24)11-17(9-14)27-4/h6,8-12H,5,7H2,1-4H3. The zero-order valence-corrected chi connectivity index (χ0v) is 15.7. The van der Waals surface area contributed by atoms with Crippen molar-refractivity contribution in [3.63, 3.8) is 0 Å². The van der Waals surface area contributed by atoms with E-state index in [1.807, 2.05) is 14.0 Å². The summed E-state index contributed by atoms with van der Waals surface area (Å²) in [6, 6.07) is 6.44. The Morgan fingerprint density at radius 3 is 2.44 bits per heavy atom. The van der Waals surface area contributed by atoms with E-state index in [4.69, 9.17) is 4.74 Å². The Morgan fingerprint density at radius 1 is 1.15 bits per heavy atom. The molecule has 2 aromatic carbocycles. The summed E-state index contributed by atoms with van der Waals surface area (Å²) in [5.41, 5.74) is 1.14. The third-order valence-electron chi connectivity index (χ3n) is 4.22. The van der Waals surface area contributed by atoms with Crippen LogP contribution < -0.4 is 4.74 Å². The Morgan fingerprint density at radius 2 is 1.85 bits per heavy atom. The molecule has 0 aliphatic carbocycles. The fourth-order valence-electron chi connectivity index (χ4n) is 2.50. The van der Waals surface area contributed by atoms with Gasteiger partial charge in [-0.3, -0.25) is 0 Å². The first-order chi connectivity index (χ1) is 12.6. The van der Waals surface area contributed by atoms with Crippen molar-refractivity contribution in [1.29, 1.82) is 0 Å². The van der Waals surface area contributed by atoms with E-state index in [0.29, 0.717) is 11.1 Å². The normalized spacial score (nSPS) is 11.9. The van der Waals surface area contributed by atoms with Crippen LogP contribution in [-0.4, -0.2) is 31.9 Å². The summed E-state index contributed by atoms with van der Waals surface area (Å²) in [4.78, 5) is 5.92. The van der Waals surface area contributed by atoms with Crippen molar-refractivity contribution in [1.82, 2.24) is 4.90 Å². The van der Waals surface area contributed by atoms with Crippen LogP contribution in [0, 0.1) is 12.7 Å². The Hall–Kier alpha value is -2.57. The zero-order valence-electron chi connectivity index (χ0n) is 15.7. The van der Waals surface area contributed by atoms with Gasteiger partial charge in [0.2, 0.25) is 0 Å². The number of alkyl halides is 3. The predicted molar refractivity (Wildman–Crippen MR) is 98.4 cm³/mol. The highest BCUT2D eigenvalue weighted by atomic mass is 19.4. The predicted octanol–water partition coefficient (Wildman–Crippen LogP) is 5.36. The molecule has 7 heteroatoms. The topological polar surface area (TPSA) is 24.8 Å². The number of benzene rings is 2. The fourth-order valence-corrected chi connectivity index (χ4v) is 2.50. The average molecular weight is 382 g/mol. The van der Waals surface area contributed by atoms with Gasteiger partial charge in [-0.2, -0.15) is 13.2 Å². The largest absolute Gasteiger partial charge is 0.497 e. The molecule has 2 rings (SSSR count). The van der Waals surface area contributed by atoms with Crippen molar-refractivity contribution in [2.75, 3.05) is 20.7 Å². The van der Waals surface area contributed by atoms with E-state index in [1.165, 1.54) is 25.6 Å². The number of nitrogens with zero attached hydrogens (tertiary/aromatic N) is 2. The van der Waals surface area contributed by atoms with E-state index >= 15 is 0 Å². The highest BCUT2D eigenvalue weighted by Crippen LogP contribution is 2.33. The number of hydrogen-bond donors (Lipinski definition) is 0. The number of rotatable bonds is 6. The van der Waals surface area contributed by atoms with Crippen LogP contribution in [0.1, 0.15) is 29.2 Å². The van der Waals surface area contributed by atoms with Crippen molar-refractivity contribution in [2.24, 2.45) is 4.99 Å². The summed E-state index contributed by atoms with van der Waals surface area (Å²) >= 11 is 0. The summed E-state index contributed by atoms with van der Waals surface area (Å²) < 4.78 is 58.5. The maximum Gasteiger partial charge on any atom is 0.416 e. The third kappa shape index (κ3) is 5.45. The number of methoxy groups -OCH3 is 1. The van der Waals surface area contributed by atoms with Crippen LogP contribution in [0.4, 0.5) is 23.2 Å². The minimum atomic E-state index is -4.48. The zero-order chi connectivity index (χ0) is 20.2. The molecule has 0 atom stereocenters. The van der Waals surface area contributed by atoms with Gasteiger partial charge >= 0.3 is 6.18 Å². The van der Waals surface area contributed by atoms with Gasteiger partial charge in [-0.1, -0.05) is 0 Å². The Labute approximate surface area is 156 Å². The summed E-state index contributed by atoms with van der Waals surface area (Å²) in [6.45, 7) is 4.46. The van der Waals surface area contributed by atoms with Crippen molar-refractivity contribution >= 4 is 12.0 Å². The number of halogens is 4. The molecule has 0 unspecified atom stereocenters. The van der Waals surface area contributed by atoms with Crippen LogP contribution in [0.15, 0.2) is 35.3 Å². The molecule has 2 aromatic rings. The molecule has 0 spiro atoms. The lowest BCUT2D eigenvalue weighted by molar-refractivity contribution is -0.137. The lowest BCUT2D eigenvalue weighted by Gasteiger charge is -2.13. The van der Waals surface area contributed by atoms with Gasteiger partial charge in [-0.25, -0.2) is 9.38 Å². The molecular formula is C20H22F4N2O.